The topological polar surface area (TPSA) is 36.7 Å². The summed E-state index contributed by atoms with van der Waals surface area (Å²) in [5, 5.41) is 10.4. The standard InChI is InChI=1S/C10H12N2S/c1-3-8(7-9(11)4-2)10-12-5-6-13-10/h3,5-7,11H,1,4H2,2H3/b8-7+,11-9?. The van der Waals surface area contributed by atoms with E-state index in [1.165, 1.54) is 0 Å². The van der Waals surface area contributed by atoms with Crippen LogP contribution in [-0.2, 0) is 0 Å². The number of aromatic nitrogens is 1. The summed E-state index contributed by atoms with van der Waals surface area (Å²) in [7, 11) is 0. The van der Waals surface area contributed by atoms with Crippen molar-refractivity contribution in [2.24, 2.45) is 0 Å². The highest BCUT2D eigenvalue weighted by Crippen LogP contribution is 2.17. The molecule has 0 unspecified atom stereocenters. The fourth-order valence-electron chi connectivity index (χ4n) is 0.864. The first-order valence-electron chi connectivity index (χ1n) is 4.09. The Morgan fingerprint density at radius 3 is 3.00 bits per heavy atom. The summed E-state index contributed by atoms with van der Waals surface area (Å²) >= 11 is 1.56. The fourth-order valence-corrected chi connectivity index (χ4v) is 1.51. The van der Waals surface area contributed by atoms with Crippen LogP contribution >= 0.6 is 11.3 Å². The van der Waals surface area contributed by atoms with Crippen LogP contribution in [0.2, 0.25) is 0 Å². The lowest BCUT2D eigenvalue weighted by Gasteiger charge is -1.96. The van der Waals surface area contributed by atoms with Gasteiger partial charge in [-0.1, -0.05) is 19.6 Å². The lowest BCUT2D eigenvalue weighted by molar-refractivity contribution is 1.26. The van der Waals surface area contributed by atoms with Crippen LogP contribution in [0.15, 0.2) is 30.3 Å². The van der Waals surface area contributed by atoms with Gasteiger partial charge in [0.05, 0.1) is 0 Å². The molecule has 0 saturated carbocycles. The lowest BCUT2D eigenvalue weighted by atomic mass is 10.2. The van der Waals surface area contributed by atoms with Gasteiger partial charge < -0.3 is 5.41 Å². The zero-order valence-electron chi connectivity index (χ0n) is 7.58. The van der Waals surface area contributed by atoms with Gasteiger partial charge in [0.15, 0.2) is 0 Å². The largest absolute Gasteiger partial charge is 0.305 e. The molecule has 1 heterocycles. The van der Waals surface area contributed by atoms with Gasteiger partial charge >= 0.3 is 0 Å². The maximum atomic E-state index is 7.53. The van der Waals surface area contributed by atoms with E-state index in [4.69, 9.17) is 5.41 Å². The molecule has 0 radical (unpaired) electrons. The Labute approximate surface area is 82.2 Å². The van der Waals surface area contributed by atoms with E-state index in [-0.39, 0.29) is 0 Å². The SMILES string of the molecule is C=C/C(=C\C(=N)CC)c1nccs1. The highest BCUT2D eigenvalue weighted by atomic mass is 32.1. The van der Waals surface area contributed by atoms with Crippen LogP contribution < -0.4 is 0 Å². The third-order valence-electron chi connectivity index (χ3n) is 1.61. The monoisotopic (exact) mass is 192 g/mol. The van der Waals surface area contributed by atoms with Crippen LogP contribution in [0.1, 0.15) is 18.4 Å². The minimum Gasteiger partial charge on any atom is -0.305 e. The molecule has 68 valence electrons. The highest BCUT2D eigenvalue weighted by Gasteiger charge is 2.00. The molecule has 0 aliphatic heterocycles. The van der Waals surface area contributed by atoms with Gasteiger partial charge in [0.1, 0.15) is 5.01 Å². The Hall–Kier alpha value is -1.22. The van der Waals surface area contributed by atoms with E-state index in [0.717, 1.165) is 17.0 Å². The summed E-state index contributed by atoms with van der Waals surface area (Å²) in [5.41, 5.74) is 1.53. The van der Waals surface area contributed by atoms with E-state index >= 15 is 0 Å². The molecule has 0 aliphatic rings. The Kier molecular flexibility index (Phi) is 3.58. The van der Waals surface area contributed by atoms with Crippen molar-refractivity contribution >= 4 is 22.6 Å². The van der Waals surface area contributed by atoms with Crippen LogP contribution in [0.25, 0.3) is 5.57 Å². The van der Waals surface area contributed by atoms with Gasteiger partial charge in [0.25, 0.3) is 0 Å². The average Bonchev–Trinajstić information content (AvgIpc) is 2.66. The minimum absolute atomic E-state index is 0.602. The third kappa shape index (κ3) is 2.63. The Morgan fingerprint density at radius 1 is 1.77 bits per heavy atom. The van der Waals surface area contributed by atoms with Gasteiger partial charge in [-0.2, -0.15) is 0 Å². The first-order chi connectivity index (χ1) is 6.27. The molecule has 0 amide bonds. The molecule has 1 N–H and O–H groups in total. The summed E-state index contributed by atoms with van der Waals surface area (Å²) < 4.78 is 0. The maximum absolute atomic E-state index is 7.53. The first kappa shape index (κ1) is 9.86. The second-order valence-corrected chi connectivity index (χ2v) is 3.41. The Balaban J connectivity index is 2.92. The van der Waals surface area contributed by atoms with Gasteiger partial charge in [-0.25, -0.2) is 4.98 Å². The summed E-state index contributed by atoms with van der Waals surface area (Å²) in [4.78, 5) is 4.16. The molecular weight excluding hydrogens is 180 g/mol. The molecule has 0 aromatic carbocycles. The van der Waals surface area contributed by atoms with Crippen molar-refractivity contribution in [3.05, 3.63) is 35.3 Å². The van der Waals surface area contributed by atoms with Crippen LogP contribution in [-0.4, -0.2) is 10.7 Å². The fraction of sp³-hybridized carbons (Fsp3) is 0.200. The number of nitrogens with zero attached hydrogens (tertiary/aromatic N) is 1. The highest BCUT2D eigenvalue weighted by molar-refractivity contribution is 7.10. The summed E-state index contributed by atoms with van der Waals surface area (Å²) in [6.07, 6.45) is 6.05. The maximum Gasteiger partial charge on any atom is 0.123 e. The number of thiazole rings is 1. The smallest absolute Gasteiger partial charge is 0.123 e. The van der Waals surface area contributed by atoms with Gasteiger partial charge in [0.2, 0.25) is 0 Å². The number of allylic oxidation sites excluding steroid dienone is 3. The summed E-state index contributed by atoms with van der Waals surface area (Å²) in [5.74, 6) is 0. The Morgan fingerprint density at radius 2 is 2.54 bits per heavy atom. The van der Waals surface area contributed by atoms with Crippen molar-refractivity contribution in [2.75, 3.05) is 0 Å². The van der Waals surface area contributed by atoms with Crippen LogP contribution in [0.4, 0.5) is 0 Å². The van der Waals surface area contributed by atoms with E-state index < -0.39 is 0 Å². The van der Waals surface area contributed by atoms with E-state index in [1.54, 1.807) is 23.6 Å². The van der Waals surface area contributed by atoms with Gasteiger partial charge in [-0.3, -0.25) is 0 Å². The zero-order chi connectivity index (χ0) is 9.68. The normalized spacial score (nSPS) is 11.3. The van der Waals surface area contributed by atoms with E-state index in [2.05, 4.69) is 11.6 Å². The van der Waals surface area contributed by atoms with Crippen molar-refractivity contribution < 1.29 is 0 Å². The minimum atomic E-state index is 0.602. The molecule has 2 nitrogen and oxygen atoms in total. The predicted molar refractivity (Wildman–Crippen MR) is 58.3 cm³/mol. The van der Waals surface area contributed by atoms with Crippen LogP contribution in [0.5, 0.6) is 0 Å². The molecule has 0 saturated heterocycles. The third-order valence-corrected chi connectivity index (χ3v) is 2.43. The van der Waals surface area contributed by atoms with Crippen LogP contribution in [0, 0.1) is 5.41 Å². The predicted octanol–water partition coefficient (Wildman–Crippen LogP) is 3.14. The number of hydrogen-bond acceptors (Lipinski definition) is 3. The quantitative estimate of drug-likeness (QED) is 0.577. The van der Waals surface area contributed by atoms with Crippen molar-refractivity contribution in [1.82, 2.24) is 4.98 Å². The molecule has 0 atom stereocenters. The number of rotatable bonds is 4. The first-order valence-corrected chi connectivity index (χ1v) is 4.97. The molecule has 13 heavy (non-hydrogen) atoms. The molecular formula is C10H12N2S. The summed E-state index contributed by atoms with van der Waals surface area (Å²) in [6.45, 7) is 5.67. The van der Waals surface area contributed by atoms with Crippen LogP contribution in [0.3, 0.4) is 0 Å². The molecule has 3 heteroatoms. The molecule has 0 bridgehead atoms. The Bertz CT molecular complexity index is 323. The van der Waals surface area contributed by atoms with Crippen molar-refractivity contribution in [3.8, 4) is 0 Å². The van der Waals surface area contributed by atoms with Crippen molar-refractivity contribution in [3.63, 3.8) is 0 Å². The molecule has 1 aromatic rings. The van der Waals surface area contributed by atoms with E-state index in [9.17, 15) is 0 Å². The van der Waals surface area contributed by atoms with Crippen molar-refractivity contribution in [2.45, 2.75) is 13.3 Å². The van der Waals surface area contributed by atoms with Gasteiger partial charge in [0, 0.05) is 22.9 Å². The number of hydrogen-bond donors (Lipinski definition) is 1. The molecule has 0 fully saturated rings. The van der Waals surface area contributed by atoms with Crippen molar-refractivity contribution in [1.29, 1.82) is 5.41 Å². The molecule has 0 aliphatic carbocycles. The second-order valence-electron chi connectivity index (χ2n) is 2.52. The summed E-state index contributed by atoms with van der Waals surface area (Å²) in [6, 6.07) is 0. The van der Waals surface area contributed by atoms with Gasteiger partial charge in [-0.15, -0.1) is 11.3 Å². The second kappa shape index (κ2) is 4.72. The van der Waals surface area contributed by atoms with E-state index in [0.29, 0.717) is 5.71 Å². The van der Waals surface area contributed by atoms with E-state index in [1.807, 2.05) is 18.4 Å². The van der Waals surface area contributed by atoms with Gasteiger partial charge in [-0.05, 0) is 12.5 Å². The molecule has 1 rings (SSSR count). The zero-order valence-corrected chi connectivity index (χ0v) is 8.40. The lowest BCUT2D eigenvalue weighted by Crippen LogP contribution is -1.89. The average molecular weight is 192 g/mol. The molecule has 0 spiro atoms. The molecule has 1 aromatic heterocycles. The number of nitrogens with one attached hydrogen (secondary N) is 1.